The van der Waals surface area contributed by atoms with Gasteiger partial charge < -0.3 is 14.3 Å². The largest absolute Gasteiger partial charge is 0.424 e. The van der Waals surface area contributed by atoms with Crippen molar-refractivity contribution in [2.75, 3.05) is 6.54 Å². The van der Waals surface area contributed by atoms with E-state index in [1.165, 1.54) is 24.4 Å². The summed E-state index contributed by atoms with van der Waals surface area (Å²) < 4.78 is 7.83. The monoisotopic (exact) mass is 317 g/mol. The normalized spacial score (nSPS) is 19.6. The van der Waals surface area contributed by atoms with E-state index in [2.05, 4.69) is 54.0 Å². The second-order valence-electron chi connectivity index (χ2n) is 7.56. The molecule has 126 valence electrons. The van der Waals surface area contributed by atoms with Crippen molar-refractivity contribution in [2.24, 2.45) is 0 Å². The lowest BCUT2D eigenvalue weighted by atomic mass is 9.93. The maximum absolute atomic E-state index is 5.50. The van der Waals surface area contributed by atoms with E-state index in [1.54, 1.807) is 0 Å². The van der Waals surface area contributed by atoms with Gasteiger partial charge in [0.2, 0.25) is 11.8 Å². The first-order valence-electron chi connectivity index (χ1n) is 8.45. The molecule has 2 aromatic heterocycles. The maximum Gasteiger partial charge on any atom is 0.233 e. The van der Waals surface area contributed by atoms with Crippen LogP contribution in [0.5, 0.6) is 0 Å². The Morgan fingerprint density at radius 1 is 1.39 bits per heavy atom. The zero-order valence-electron chi connectivity index (χ0n) is 14.8. The molecule has 0 fully saturated rings. The number of hydrogen-bond acceptors (Lipinski definition) is 5. The van der Waals surface area contributed by atoms with E-state index < -0.39 is 0 Å². The first-order chi connectivity index (χ1) is 10.8. The lowest BCUT2D eigenvalue weighted by Gasteiger charge is -2.24. The van der Waals surface area contributed by atoms with Crippen molar-refractivity contribution in [1.29, 1.82) is 0 Å². The number of aromatic nitrogens is 4. The van der Waals surface area contributed by atoms with Gasteiger partial charge >= 0.3 is 0 Å². The molecule has 6 heteroatoms. The van der Waals surface area contributed by atoms with Crippen LogP contribution in [-0.2, 0) is 12.0 Å². The molecule has 2 unspecified atom stereocenters. The molecule has 0 aromatic carbocycles. The molecule has 0 saturated heterocycles. The lowest BCUT2D eigenvalue weighted by molar-refractivity contribution is 0.368. The fourth-order valence-electron chi connectivity index (χ4n) is 3.02. The molecule has 0 amide bonds. The summed E-state index contributed by atoms with van der Waals surface area (Å²) in [6.45, 7) is 12.5. The van der Waals surface area contributed by atoms with E-state index >= 15 is 0 Å². The molecule has 0 radical (unpaired) electrons. The Balaban J connectivity index is 1.69. The Morgan fingerprint density at radius 2 is 2.17 bits per heavy atom. The summed E-state index contributed by atoms with van der Waals surface area (Å²) >= 11 is 0. The standard InChI is InChI=1S/C17H27N5O/c1-11(16-21-20-12(2)23-16)18-9-13-7-6-8-22-10-14(17(3,4)5)19-15(13)22/h10-11,13,18H,6-9H2,1-5H3. The molecule has 2 atom stereocenters. The number of fused-ring (bicyclic) bond motifs is 1. The van der Waals surface area contributed by atoms with Crippen molar-refractivity contribution in [2.45, 2.75) is 71.4 Å². The van der Waals surface area contributed by atoms with Gasteiger partial charge in [-0.2, -0.15) is 0 Å². The van der Waals surface area contributed by atoms with Gasteiger partial charge in [-0.1, -0.05) is 20.8 Å². The van der Waals surface area contributed by atoms with Gasteiger partial charge in [0, 0.05) is 37.5 Å². The van der Waals surface area contributed by atoms with Crippen molar-refractivity contribution < 1.29 is 4.42 Å². The fourth-order valence-corrected chi connectivity index (χ4v) is 3.02. The Morgan fingerprint density at radius 3 is 2.83 bits per heavy atom. The van der Waals surface area contributed by atoms with Gasteiger partial charge in [-0.05, 0) is 19.8 Å². The lowest BCUT2D eigenvalue weighted by Crippen LogP contribution is -2.28. The molecule has 0 spiro atoms. The average Bonchev–Trinajstić information content (AvgIpc) is 3.10. The number of nitrogens with zero attached hydrogens (tertiary/aromatic N) is 4. The molecule has 1 aliphatic rings. The maximum atomic E-state index is 5.50. The summed E-state index contributed by atoms with van der Waals surface area (Å²) in [7, 11) is 0. The van der Waals surface area contributed by atoms with E-state index in [0.717, 1.165) is 13.1 Å². The number of nitrogens with one attached hydrogen (secondary N) is 1. The van der Waals surface area contributed by atoms with E-state index in [4.69, 9.17) is 9.40 Å². The zero-order chi connectivity index (χ0) is 16.6. The minimum atomic E-state index is 0.0589. The molecule has 1 aliphatic heterocycles. The predicted octanol–water partition coefficient (Wildman–Crippen LogP) is 3.10. The van der Waals surface area contributed by atoms with Gasteiger partial charge in [0.15, 0.2) is 0 Å². The van der Waals surface area contributed by atoms with Gasteiger partial charge in [-0.3, -0.25) is 0 Å². The summed E-state index contributed by atoms with van der Waals surface area (Å²) in [5, 5.41) is 11.5. The highest BCUT2D eigenvalue weighted by Gasteiger charge is 2.27. The Kier molecular flexibility index (Phi) is 4.27. The van der Waals surface area contributed by atoms with Gasteiger partial charge in [0.1, 0.15) is 5.82 Å². The van der Waals surface area contributed by atoms with Crippen molar-refractivity contribution >= 4 is 0 Å². The van der Waals surface area contributed by atoms with Crippen LogP contribution in [0.15, 0.2) is 10.6 Å². The summed E-state index contributed by atoms with van der Waals surface area (Å²) in [5.74, 6) is 2.91. The first-order valence-corrected chi connectivity index (χ1v) is 8.45. The van der Waals surface area contributed by atoms with E-state index in [0.29, 0.717) is 17.7 Å². The third kappa shape index (κ3) is 3.47. The molecular weight excluding hydrogens is 290 g/mol. The van der Waals surface area contributed by atoms with Crippen LogP contribution in [0.25, 0.3) is 0 Å². The van der Waals surface area contributed by atoms with Gasteiger partial charge in [-0.15, -0.1) is 10.2 Å². The number of rotatable bonds is 4. The molecule has 3 heterocycles. The summed E-state index contributed by atoms with van der Waals surface area (Å²) in [6.07, 6.45) is 4.60. The van der Waals surface area contributed by atoms with Crippen LogP contribution in [0.3, 0.4) is 0 Å². The molecule has 6 nitrogen and oxygen atoms in total. The summed E-state index contributed by atoms with van der Waals surface area (Å²) in [6, 6.07) is 0.0589. The van der Waals surface area contributed by atoms with Crippen molar-refractivity contribution in [3.63, 3.8) is 0 Å². The smallest absolute Gasteiger partial charge is 0.233 e. The van der Waals surface area contributed by atoms with E-state index in [1.807, 2.05) is 6.92 Å². The van der Waals surface area contributed by atoms with Crippen molar-refractivity contribution in [3.05, 3.63) is 29.5 Å². The highest BCUT2D eigenvalue weighted by molar-refractivity contribution is 5.17. The Bertz CT molecular complexity index is 667. The molecule has 0 aliphatic carbocycles. The molecule has 3 rings (SSSR count). The van der Waals surface area contributed by atoms with Crippen LogP contribution in [0, 0.1) is 6.92 Å². The van der Waals surface area contributed by atoms with Crippen LogP contribution in [0.1, 0.15) is 75.8 Å². The highest BCUT2D eigenvalue weighted by Crippen LogP contribution is 2.30. The molecule has 2 aromatic rings. The Hall–Kier alpha value is -1.69. The second kappa shape index (κ2) is 6.07. The van der Waals surface area contributed by atoms with Crippen LogP contribution in [0.4, 0.5) is 0 Å². The third-order valence-electron chi connectivity index (χ3n) is 4.48. The number of imidazole rings is 1. The average molecular weight is 317 g/mol. The minimum absolute atomic E-state index is 0.0589. The molecular formula is C17H27N5O. The second-order valence-corrected chi connectivity index (χ2v) is 7.56. The topological polar surface area (TPSA) is 68.8 Å². The van der Waals surface area contributed by atoms with Crippen molar-refractivity contribution in [1.82, 2.24) is 25.1 Å². The predicted molar refractivity (Wildman–Crippen MR) is 88.4 cm³/mol. The van der Waals surface area contributed by atoms with Crippen LogP contribution in [-0.4, -0.2) is 26.3 Å². The fraction of sp³-hybridized carbons (Fsp3) is 0.706. The molecule has 23 heavy (non-hydrogen) atoms. The molecule has 0 bridgehead atoms. The number of hydrogen-bond donors (Lipinski definition) is 1. The quantitative estimate of drug-likeness (QED) is 0.938. The van der Waals surface area contributed by atoms with Crippen molar-refractivity contribution in [3.8, 4) is 0 Å². The SMILES string of the molecule is Cc1nnc(C(C)NCC2CCCn3cc(C(C)(C)C)nc32)o1. The van der Waals surface area contributed by atoms with Crippen LogP contribution in [0.2, 0.25) is 0 Å². The first kappa shape index (κ1) is 16.2. The van der Waals surface area contributed by atoms with E-state index in [9.17, 15) is 0 Å². The highest BCUT2D eigenvalue weighted by atomic mass is 16.4. The van der Waals surface area contributed by atoms with Crippen LogP contribution < -0.4 is 5.32 Å². The molecule has 0 saturated carbocycles. The van der Waals surface area contributed by atoms with E-state index in [-0.39, 0.29) is 11.5 Å². The van der Waals surface area contributed by atoms with Gasteiger partial charge in [-0.25, -0.2) is 4.98 Å². The summed E-state index contributed by atoms with van der Waals surface area (Å²) in [4.78, 5) is 4.93. The number of aryl methyl sites for hydroxylation is 2. The van der Waals surface area contributed by atoms with Gasteiger partial charge in [0.25, 0.3) is 0 Å². The summed E-state index contributed by atoms with van der Waals surface area (Å²) in [5.41, 5.74) is 1.27. The van der Waals surface area contributed by atoms with Gasteiger partial charge in [0.05, 0.1) is 11.7 Å². The minimum Gasteiger partial charge on any atom is -0.424 e. The Labute approximate surface area is 137 Å². The van der Waals surface area contributed by atoms with Crippen LogP contribution >= 0.6 is 0 Å². The molecule has 1 N–H and O–H groups in total. The third-order valence-corrected chi connectivity index (χ3v) is 4.48. The zero-order valence-corrected chi connectivity index (χ0v) is 14.8.